The smallest absolute Gasteiger partial charge is 0.337 e. The van der Waals surface area contributed by atoms with E-state index in [1.165, 1.54) is 11.3 Å². The SMILES string of the molecule is Cc1cc2nc(N3CCN(C(C)C)C(c4ccc5c(cnn5C)c4)C3=O)sc2c(-c2ccc(Cl)cc2)c1[C@H](OC(C)(C)C)C(=O)O. The number of rotatable bonds is 7. The lowest BCUT2D eigenvalue weighted by atomic mass is 9.91. The highest BCUT2D eigenvalue weighted by molar-refractivity contribution is 7.23. The van der Waals surface area contributed by atoms with Crippen LogP contribution in [-0.4, -0.2) is 61.4 Å². The number of anilines is 1. The monoisotopic (exact) mass is 659 g/mol. The molecule has 46 heavy (non-hydrogen) atoms. The molecule has 0 bridgehead atoms. The first-order valence-corrected chi connectivity index (χ1v) is 16.5. The molecular formula is C35H38ClN5O4S. The number of hydrogen-bond acceptors (Lipinski definition) is 7. The summed E-state index contributed by atoms with van der Waals surface area (Å²) in [5, 5.41) is 16.9. The van der Waals surface area contributed by atoms with Gasteiger partial charge in [-0.1, -0.05) is 41.1 Å². The number of carbonyl (C=O) groups excluding carboxylic acids is 1. The summed E-state index contributed by atoms with van der Waals surface area (Å²) in [5.41, 5.74) is 4.71. The van der Waals surface area contributed by atoms with Gasteiger partial charge < -0.3 is 9.84 Å². The van der Waals surface area contributed by atoms with Crippen molar-refractivity contribution >= 4 is 61.1 Å². The van der Waals surface area contributed by atoms with Crippen LogP contribution >= 0.6 is 22.9 Å². The van der Waals surface area contributed by atoms with Gasteiger partial charge in [0.2, 0.25) is 0 Å². The summed E-state index contributed by atoms with van der Waals surface area (Å²) in [6.45, 7) is 12.8. The van der Waals surface area contributed by atoms with E-state index < -0.39 is 23.7 Å². The van der Waals surface area contributed by atoms with Crippen molar-refractivity contribution in [3.63, 3.8) is 0 Å². The molecule has 2 aromatic heterocycles. The highest BCUT2D eigenvalue weighted by atomic mass is 35.5. The normalized spacial score (nSPS) is 17.0. The summed E-state index contributed by atoms with van der Waals surface area (Å²) in [5.74, 6) is -1.13. The van der Waals surface area contributed by atoms with Gasteiger partial charge >= 0.3 is 5.97 Å². The Morgan fingerprint density at radius 1 is 1.11 bits per heavy atom. The van der Waals surface area contributed by atoms with E-state index in [0.717, 1.165) is 37.9 Å². The number of nitrogens with zero attached hydrogens (tertiary/aromatic N) is 5. The number of amides is 1. The van der Waals surface area contributed by atoms with Crippen LogP contribution in [0.4, 0.5) is 5.13 Å². The molecule has 6 rings (SSSR count). The second-order valence-electron chi connectivity index (χ2n) is 13.1. The summed E-state index contributed by atoms with van der Waals surface area (Å²) in [6, 6.07) is 15.0. The minimum absolute atomic E-state index is 0.0493. The van der Waals surface area contributed by atoms with E-state index in [2.05, 4.69) is 29.9 Å². The number of hydrogen-bond donors (Lipinski definition) is 1. The quantitative estimate of drug-likeness (QED) is 0.193. The molecule has 1 aliphatic rings. The van der Waals surface area contributed by atoms with E-state index in [-0.39, 0.29) is 11.9 Å². The Labute approximate surface area is 277 Å². The molecule has 0 radical (unpaired) electrons. The molecule has 0 spiro atoms. The molecule has 1 saturated heterocycles. The van der Waals surface area contributed by atoms with Gasteiger partial charge in [0.1, 0.15) is 6.04 Å². The maximum absolute atomic E-state index is 14.5. The zero-order valence-electron chi connectivity index (χ0n) is 27.0. The minimum Gasteiger partial charge on any atom is -0.479 e. The molecule has 1 N–H and O–H groups in total. The molecule has 0 aliphatic carbocycles. The second-order valence-corrected chi connectivity index (χ2v) is 14.5. The third kappa shape index (κ3) is 5.90. The van der Waals surface area contributed by atoms with E-state index in [4.69, 9.17) is 21.3 Å². The van der Waals surface area contributed by atoms with E-state index in [9.17, 15) is 14.7 Å². The Kier molecular flexibility index (Phi) is 8.43. The first-order chi connectivity index (χ1) is 21.7. The number of ether oxygens (including phenoxy) is 1. The van der Waals surface area contributed by atoms with Gasteiger partial charge in [0.25, 0.3) is 5.91 Å². The van der Waals surface area contributed by atoms with Crippen molar-refractivity contribution in [2.24, 2.45) is 7.05 Å². The molecule has 1 aliphatic heterocycles. The van der Waals surface area contributed by atoms with E-state index >= 15 is 0 Å². The van der Waals surface area contributed by atoms with Crippen molar-refractivity contribution in [2.45, 2.75) is 65.3 Å². The third-order valence-corrected chi connectivity index (χ3v) is 9.76. The summed E-state index contributed by atoms with van der Waals surface area (Å²) in [4.78, 5) is 36.2. The fourth-order valence-corrected chi connectivity index (χ4v) is 7.60. The predicted octanol–water partition coefficient (Wildman–Crippen LogP) is 7.55. The summed E-state index contributed by atoms with van der Waals surface area (Å²) < 4.78 is 8.76. The highest BCUT2D eigenvalue weighted by Crippen LogP contribution is 2.45. The molecule has 3 aromatic carbocycles. The zero-order chi connectivity index (χ0) is 33.1. The van der Waals surface area contributed by atoms with Crippen molar-refractivity contribution in [1.29, 1.82) is 0 Å². The Morgan fingerprint density at radius 3 is 2.48 bits per heavy atom. The Hall–Kier alpha value is -3.83. The van der Waals surface area contributed by atoms with Gasteiger partial charge in [-0.15, -0.1) is 0 Å². The number of halogens is 1. The van der Waals surface area contributed by atoms with Crippen LogP contribution in [0.25, 0.3) is 32.2 Å². The van der Waals surface area contributed by atoms with Crippen molar-refractivity contribution < 1.29 is 19.4 Å². The minimum atomic E-state index is -1.22. The number of thiazole rings is 1. The Morgan fingerprint density at radius 2 is 1.83 bits per heavy atom. The van der Waals surface area contributed by atoms with Gasteiger partial charge in [0.15, 0.2) is 11.2 Å². The van der Waals surface area contributed by atoms with E-state index in [1.807, 2.05) is 76.0 Å². The highest BCUT2D eigenvalue weighted by Gasteiger charge is 2.40. The number of aliphatic carboxylic acids is 1. The molecule has 5 aromatic rings. The van der Waals surface area contributed by atoms with Crippen LogP contribution in [0, 0.1) is 6.92 Å². The molecule has 3 heterocycles. The average Bonchev–Trinajstić information content (AvgIpc) is 3.57. The summed E-state index contributed by atoms with van der Waals surface area (Å²) in [6.07, 6.45) is 0.604. The lowest BCUT2D eigenvalue weighted by Gasteiger charge is -2.42. The van der Waals surface area contributed by atoms with Gasteiger partial charge in [0, 0.05) is 47.7 Å². The second kappa shape index (κ2) is 12.1. The van der Waals surface area contributed by atoms with Crippen LogP contribution in [0.15, 0.2) is 54.7 Å². The van der Waals surface area contributed by atoms with Gasteiger partial charge in [-0.3, -0.25) is 19.3 Å². The van der Waals surface area contributed by atoms with Crippen LogP contribution in [0.3, 0.4) is 0 Å². The Balaban J connectivity index is 1.50. The third-order valence-electron chi connectivity index (χ3n) is 8.40. The van der Waals surface area contributed by atoms with Crippen molar-refractivity contribution in [3.05, 3.63) is 76.4 Å². The molecule has 11 heteroatoms. The molecular weight excluding hydrogens is 622 g/mol. The number of aromatic nitrogens is 3. The molecule has 0 saturated carbocycles. The van der Waals surface area contributed by atoms with Gasteiger partial charge in [-0.25, -0.2) is 9.78 Å². The van der Waals surface area contributed by atoms with Crippen LogP contribution in [0.2, 0.25) is 5.02 Å². The van der Waals surface area contributed by atoms with Gasteiger partial charge in [-0.05, 0) is 88.6 Å². The Bertz CT molecular complexity index is 1960. The molecule has 1 unspecified atom stereocenters. The largest absolute Gasteiger partial charge is 0.479 e. The molecule has 9 nitrogen and oxygen atoms in total. The maximum Gasteiger partial charge on any atom is 0.337 e. The fraction of sp³-hybridized carbons (Fsp3) is 0.371. The van der Waals surface area contributed by atoms with Gasteiger partial charge in [0.05, 0.1) is 27.5 Å². The summed E-state index contributed by atoms with van der Waals surface area (Å²) in [7, 11) is 1.91. The number of carboxylic acid groups (broad SMARTS) is 1. The van der Waals surface area contributed by atoms with Crippen LogP contribution in [0.5, 0.6) is 0 Å². The molecule has 1 amide bonds. The number of piperazine rings is 1. The number of benzene rings is 3. The lowest BCUT2D eigenvalue weighted by molar-refractivity contribution is -0.160. The van der Waals surface area contributed by atoms with Crippen LogP contribution < -0.4 is 4.90 Å². The number of fused-ring (bicyclic) bond motifs is 2. The van der Waals surface area contributed by atoms with Crippen molar-refractivity contribution in [2.75, 3.05) is 18.0 Å². The number of carboxylic acids is 1. The van der Waals surface area contributed by atoms with Gasteiger partial charge in [-0.2, -0.15) is 5.10 Å². The van der Waals surface area contributed by atoms with Crippen molar-refractivity contribution in [1.82, 2.24) is 19.7 Å². The molecule has 2 atom stereocenters. The average molecular weight is 660 g/mol. The zero-order valence-corrected chi connectivity index (χ0v) is 28.6. The van der Waals surface area contributed by atoms with E-state index in [0.29, 0.717) is 34.3 Å². The van der Waals surface area contributed by atoms with Crippen molar-refractivity contribution in [3.8, 4) is 11.1 Å². The fourth-order valence-electron chi connectivity index (χ4n) is 6.32. The molecule has 1 fully saturated rings. The van der Waals surface area contributed by atoms with Crippen LogP contribution in [-0.2, 0) is 21.4 Å². The van der Waals surface area contributed by atoms with E-state index in [1.54, 1.807) is 17.0 Å². The predicted molar refractivity (Wildman–Crippen MR) is 184 cm³/mol. The van der Waals surface area contributed by atoms with Crippen LogP contribution in [0.1, 0.15) is 63.5 Å². The number of carbonyl (C=O) groups is 2. The number of aryl methyl sites for hydroxylation is 2. The summed E-state index contributed by atoms with van der Waals surface area (Å²) >= 11 is 7.66. The first-order valence-electron chi connectivity index (χ1n) is 15.3. The first kappa shape index (κ1) is 32.1. The standard InChI is InChI=1S/C35H38ClN5O4S/c1-19(2)40-14-15-41(32(42)29(40)22-10-13-26-23(17-22)18-37-39(26)7)34-38-25-16-20(3)27(30(33(43)44)45-35(4,5)6)28(31(25)46-34)21-8-11-24(36)12-9-21/h8-13,16-19,29-30H,14-15H2,1-7H3,(H,43,44)/t29?,30-/m0/s1. The maximum atomic E-state index is 14.5. The molecule has 240 valence electrons. The topological polar surface area (TPSA) is 101 Å². The lowest BCUT2D eigenvalue weighted by Crippen LogP contribution is -2.54.